The summed E-state index contributed by atoms with van der Waals surface area (Å²) in [4.78, 5) is 11.4. The van der Waals surface area contributed by atoms with Crippen molar-refractivity contribution in [2.75, 3.05) is 13.1 Å². The fourth-order valence-corrected chi connectivity index (χ4v) is 1.74. The highest BCUT2D eigenvalue weighted by Gasteiger charge is 2.18. The lowest BCUT2D eigenvalue weighted by atomic mass is 10.0. The molecule has 1 heterocycles. The Hall–Kier alpha value is -0.770. The van der Waals surface area contributed by atoms with Gasteiger partial charge in [0, 0.05) is 25.2 Å². The maximum Gasteiger partial charge on any atom is 0.315 e. The predicted molar refractivity (Wildman–Crippen MR) is 61.9 cm³/mol. The van der Waals surface area contributed by atoms with Crippen LogP contribution in [0.3, 0.4) is 0 Å². The molecule has 1 rings (SSSR count). The Bertz CT molecular complexity index is 188. The maximum atomic E-state index is 11.4. The summed E-state index contributed by atoms with van der Waals surface area (Å²) in [5.41, 5.74) is 0. The van der Waals surface area contributed by atoms with Gasteiger partial charge in [-0.25, -0.2) is 4.79 Å². The number of hydrogen-bond acceptors (Lipinski definition) is 2. The first-order chi connectivity index (χ1) is 7.22. The molecule has 0 aromatic carbocycles. The van der Waals surface area contributed by atoms with Gasteiger partial charge in [0.05, 0.1) is 0 Å². The lowest BCUT2D eigenvalue weighted by molar-refractivity contribution is 0.231. The Morgan fingerprint density at radius 1 is 1.47 bits per heavy atom. The highest BCUT2D eigenvalue weighted by molar-refractivity contribution is 5.74. The van der Waals surface area contributed by atoms with Gasteiger partial charge in [0.25, 0.3) is 0 Å². The molecule has 2 amide bonds. The molecule has 0 aromatic heterocycles. The number of carbonyl (C=O) groups excluding carboxylic acids is 1. The van der Waals surface area contributed by atoms with Crippen LogP contribution in [0.15, 0.2) is 0 Å². The van der Waals surface area contributed by atoms with Crippen LogP contribution in [-0.4, -0.2) is 31.2 Å². The molecule has 0 aliphatic carbocycles. The molecular formula is C11H23N3O. The number of hydrogen-bond donors (Lipinski definition) is 3. The Kier molecular flexibility index (Phi) is 5.47. The average Bonchev–Trinajstić information content (AvgIpc) is 2.22. The van der Waals surface area contributed by atoms with Gasteiger partial charge in [-0.1, -0.05) is 13.3 Å². The van der Waals surface area contributed by atoms with E-state index in [1.54, 1.807) is 0 Å². The first kappa shape index (κ1) is 12.3. The van der Waals surface area contributed by atoms with E-state index in [0.717, 1.165) is 38.8 Å². The summed E-state index contributed by atoms with van der Waals surface area (Å²) < 4.78 is 0. The Balaban J connectivity index is 2.09. The zero-order valence-corrected chi connectivity index (χ0v) is 9.81. The molecule has 1 saturated heterocycles. The van der Waals surface area contributed by atoms with Gasteiger partial charge in [-0.15, -0.1) is 0 Å². The molecule has 2 atom stereocenters. The molecule has 1 aliphatic heterocycles. The van der Waals surface area contributed by atoms with E-state index in [9.17, 15) is 4.79 Å². The minimum Gasteiger partial charge on any atom is -0.338 e. The van der Waals surface area contributed by atoms with Crippen LogP contribution < -0.4 is 16.0 Å². The predicted octanol–water partition coefficient (Wildman–Crippen LogP) is 1.23. The lowest BCUT2D eigenvalue weighted by Crippen LogP contribution is -2.51. The zero-order chi connectivity index (χ0) is 11.1. The first-order valence-electron chi connectivity index (χ1n) is 6.00. The topological polar surface area (TPSA) is 53.2 Å². The standard InChI is InChI=1S/C11H23N3O/c1-3-4-7-12-11(15)14-10-6-5-9(2)13-8-10/h9-10,13H,3-8H2,1-2H3,(H2,12,14,15). The molecular weight excluding hydrogens is 190 g/mol. The molecule has 0 aromatic rings. The molecule has 1 fully saturated rings. The van der Waals surface area contributed by atoms with E-state index in [4.69, 9.17) is 0 Å². The van der Waals surface area contributed by atoms with E-state index < -0.39 is 0 Å². The smallest absolute Gasteiger partial charge is 0.315 e. The van der Waals surface area contributed by atoms with Crippen molar-refractivity contribution in [2.24, 2.45) is 0 Å². The van der Waals surface area contributed by atoms with Gasteiger partial charge in [0.2, 0.25) is 0 Å². The lowest BCUT2D eigenvalue weighted by Gasteiger charge is -2.28. The van der Waals surface area contributed by atoms with Crippen molar-refractivity contribution in [3.63, 3.8) is 0 Å². The van der Waals surface area contributed by atoms with E-state index in [-0.39, 0.29) is 6.03 Å². The van der Waals surface area contributed by atoms with Crippen LogP contribution in [-0.2, 0) is 0 Å². The summed E-state index contributed by atoms with van der Waals surface area (Å²) in [6.45, 7) is 5.96. The summed E-state index contributed by atoms with van der Waals surface area (Å²) in [5.74, 6) is 0. The van der Waals surface area contributed by atoms with Crippen LogP contribution in [0.25, 0.3) is 0 Å². The Morgan fingerprint density at radius 3 is 2.87 bits per heavy atom. The largest absolute Gasteiger partial charge is 0.338 e. The van der Waals surface area contributed by atoms with E-state index >= 15 is 0 Å². The van der Waals surface area contributed by atoms with Gasteiger partial charge >= 0.3 is 6.03 Å². The molecule has 4 heteroatoms. The van der Waals surface area contributed by atoms with Crippen LogP contribution in [0.4, 0.5) is 4.79 Å². The number of nitrogens with one attached hydrogen (secondary N) is 3. The van der Waals surface area contributed by atoms with Crippen molar-refractivity contribution in [1.82, 2.24) is 16.0 Å². The van der Waals surface area contributed by atoms with Crippen LogP contribution in [0.5, 0.6) is 0 Å². The summed E-state index contributed by atoms with van der Waals surface area (Å²) in [7, 11) is 0. The fourth-order valence-electron chi connectivity index (χ4n) is 1.74. The van der Waals surface area contributed by atoms with Crippen molar-refractivity contribution in [1.29, 1.82) is 0 Å². The molecule has 15 heavy (non-hydrogen) atoms. The normalized spacial score (nSPS) is 26.0. The molecule has 4 nitrogen and oxygen atoms in total. The summed E-state index contributed by atoms with van der Waals surface area (Å²) >= 11 is 0. The van der Waals surface area contributed by atoms with Gasteiger partial charge in [0.1, 0.15) is 0 Å². The van der Waals surface area contributed by atoms with Gasteiger partial charge < -0.3 is 16.0 Å². The van der Waals surface area contributed by atoms with Crippen LogP contribution in [0.2, 0.25) is 0 Å². The van der Waals surface area contributed by atoms with Gasteiger partial charge in [-0.3, -0.25) is 0 Å². The molecule has 2 unspecified atom stereocenters. The number of rotatable bonds is 4. The highest BCUT2D eigenvalue weighted by Crippen LogP contribution is 2.06. The summed E-state index contributed by atoms with van der Waals surface area (Å²) in [5, 5.41) is 9.21. The summed E-state index contributed by atoms with van der Waals surface area (Å²) in [6, 6.07) is 0.860. The van der Waals surface area contributed by atoms with Crippen LogP contribution in [0, 0.1) is 0 Å². The quantitative estimate of drug-likeness (QED) is 0.615. The second-order valence-electron chi connectivity index (χ2n) is 4.34. The average molecular weight is 213 g/mol. The van der Waals surface area contributed by atoms with Crippen molar-refractivity contribution in [3.8, 4) is 0 Å². The van der Waals surface area contributed by atoms with E-state index in [0.29, 0.717) is 12.1 Å². The minimum atomic E-state index is -0.0233. The third-order valence-corrected chi connectivity index (χ3v) is 2.81. The molecule has 0 radical (unpaired) electrons. The third-order valence-electron chi connectivity index (χ3n) is 2.81. The number of carbonyl (C=O) groups is 1. The van der Waals surface area contributed by atoms with E-state index in [1.165, 1.54) is 0 Å². The maximum absolute atomic E-state index is 11.4. The van der Waals surface area contributed by atoms with E-state index in [1.807, 2.05) is 0 Å². The van der Waals surface area contributed by atoms with Gasteiger partial charge in [-0.2, -0.15) is 0 Å². The SMILES string of the molecule is CCCCNC(=O)NC1CCC(C)NC1. The molecule has 0 bridgehead atoms. The molecule has 88 valence electrons. The zero-order valence-electron chi connectivity index (χ0n) is 9.81. The van der Waals surface area contributed by atoms with Crippen molar-refractivity contribution < 1.29 is 4.79 Å². The fraction of sp³-hybridized carbons (Fsp3) is 0.909. The monoisotopic (exact) mass is 213 g/mol. The van der Waals surface area contributed by atoms with Crippen molar-refractivity contribution in [2.45, 2.75) is 51.6 Å². The third kappa shape index (κ3) is 5.02. The number of unbranched alkanes of at least 4 members (excludes halogenated alkanes) is 1. The number of piperidine rings is 1. The van der Waals surface area contributed by atoms with Crippen LogP contribution in [0.1, 0.15) is 39.5 Å². The number of amides is 2. The molecule has 3 N–H and O–H groups in total. The Labute approximate surface area is 92.2 Å². The molecule has 0 saturated carbocycles. The minimum absolute atomic E-state index is 0.0233. The molecule has 0 spiro atoms. The highest BCUT2D eigenvalue weighted by atomic mass is 16.2. The van der Waals surface area contributed by atoms with Gasteiger partial charge in [0.15, 0.2) is 0 Å². The van der Waals surface area contributed by atoms with Crippen molar-refractivity contribution in [3.05, 3.63) is 0 Å². The Morgan fingerprint density at radius 2 is 2.27 bits per heavy atom. The summed E-state index contributed by atoms with van der Waals surface area (Å²) in [6.07, 6.45) is 4.38. The van der Waals surface area contributed by atoms with Crippen molar-refractivity contribution >= 4 is 6.03 Å². The van der Waals surface area contributed by atoms with Gasteiger partial charge in [-0.05, 0) is 26.2 Å². The second kappa shape index (κ2) is 6.67. The van der Waals surface area contributed by atoms with Crippen LogP contribution >= 0.6 is 0 Å². The number of urea groups is 1. The molecule has 1 aliphatic rings. The second-order valence-corrected chi connectivity index (χ2v) is 4.34. The van der Waals surface area contributed by atoms with E-state index in [2.05, 4.69) is 29.8 Å². The first-order valence-corrected chi connectivity index (χ1v) is 6.00.